The van der Waals surface area contributed by atoms with E-state index in [-0.39, 0.29) is 0 Å². The predicted octanol–water partition coefficient (Wildman–Crippen LogP) is 2.60. The van der Waals surface area contributed by atoms with Gasteiger partial charge in [0.2, 0.25) is 0 Å². The van der Waals surface area contributed by atoms with Crippen LogP contribution in [0.1, 0.15) is 31.9 Å². The fourth-order valence-electron chi connectivity index (χ4n) is 2.25. The van der Waals surface area contributed by atoms with Crippen LogP contribution in [-0.4, -0.2) is 22.9 Å². The number of nitrogens with one attached hydrogen (secondary N) is 1. The summed E-state index contributed by atoms with van der Waals surface area (Å²) in [6.07, 6.45) is 3.73. The standard InChI is InChI=1S/C11H17BrFN3/c1-2-7-16-10(9(12)8-15-16)11(13)3-5-14-6-4-11/h8,14H,2-7H2,1H3. The molecule has 1 aliphatic heterocycles. The van der Waals surface area contributed by atoms with Crippen LogP contribution in [0.4, 0.5) is 4.39 Å². The van der Waals surface area contributed by atoms with Crippen molar-refractivity contribution >= 4 is 15.9 Å². The van der Waals surface area contributed by atoms with E-state index in [4.69, 9.17) is 0 Å². The number of alkyl halides is 1. The first-order chi connectivity index (χ1) is 7.67. The Kier molecular flexibility index (Phi) is 3.64. The Morgan fingerprint density at radius 3 is 2.88 bits per heavy atom. The van der Waals surface area contributed by atoms with Crippen LogP contribution in [0, 0.1) is 0 Å². The van der Waals surface area contributed by atoms with Crippen LogP contribution in [0.5, 0.6) is 0 Å². The summed E-state index contributed by atoms with van der Waals surface area (Å²) in [5.41, 5.74) is -0.508. The Morgan fingerprint density at radius 2 is 2.25 bits per heavy atom. The third kappa shape index (κ3) is 2.15. The van der Waals surface area contributed by atoms with Crippen molar-refractivity contribution in [3.8, 4) is 0 Å². The second-order valence-corrected chi connectivity index (χ2v) is 5.13. The predicted molar refractivity (Wildman–Crippen MR) is 65.1 cm³/mol. The molecule has 0 bridgehead atoms. The molecule has 1 aromatic heterocycles. The minimum absolute atomic E-state index is 0.529. The Hall–Kier alpha value is -0.420. The average Bonchev–Trinajstić information content (AvgIpc) is 2.62. The van der Waals surface area contributed by atoms with Gasteiger partial charge in [0.15, 0.2) is 5.67 Å². The maximum Gasteiger partial charge on any atom is 0.155 e. The molecule has 2 heterocycles. The van der Waals surface area contributed by atoms with E-state index < -0.39 is 5.67 Å². The van der Waals surface area contributed by atoms with Crippen LogP contribution in [0.25, 0.3) is 0 Å². The van der Waals surface area contributed by atoms with E-state index in [9.17, 15) is 4.39 Å². The molecule has 1 saturated heterocycles. The molecular weight excluding hydrogens is 273 g/mol. The number of aryl methyl sites for hydroxylation is 1. The second-order valence-electron chi connectivity index (χ2n) is 4.28. The number of halogens is 2. The van der Waals surface area contributed by atoms with Gasteiger partial charge in [0.1, 0.15) is 0 Å². The monoisotopic (exact) mass is 289 g/mol. The molecule has 3 nitrogen and oxygen atoms in total. The third-order valence-corrected chi connectivity index (χ3v) is 3.63. The largest absolute Gasteiger partial charge is 0.316 e. The van der Waals surface area contributed by atoms with E-state index >= 15 is 0 Å². The number of nitrogens with zero attached hydrogens (tertiary/aromatic N) is 2. The van der Waals surface area contributed by atoms with Crippen LogP contribution in [0.15, 0.2) is 10.7 Å². The van der Waals surface area contributed by atoms with Crippen LogP contribution >= 0.6 is 15.9 Å². The van der Waals surface area contributed by atoms with Crippen molar-refractivity contribution in [2.45, 2.75) is 38.4 Å². The molecule has 0 radical (unpaired) electrons. The lowest BCUT2D eigenvalue weighted by Gasteiger charge is -2.31. The molecule has 1 fully saturated rings. The van der Waals surface area contributed by atoms with E-state index in [0.717, 1.165) is 36.2 Å². The number of rotatable bonds is 3. The normalized spacial score (nSPS) is 19.9. The van der Waals surface area contributed by atoms with Gasteiger partial charge in [0.05, 0.1) is 16.4 Å². The van der Waals surface area contributed by atoms with Crippen LogP contribution < -0.4 is 5.32 Å². The van der Waals surface area contributed by atoms with Crippen molar-refractivity contribution in [2.75, 3.05) is 13.1 Å². The Morgan fingerprint density at radius 1 is 1.56 bits per heavy atom. The first-order valence-electron chi connectivity index (χ1n) is 5.79. The van der Waals surface area contributed by atoms with Crippen molar-refractivity contribution in [1.29, 1.82) is 0 Å². The summed E-state index contributed by atoms with van der Waals surface area (Å²) in [6, 6.07) is 0. The molecule has 0 aromatic carbocycles. The lowest BCUT2D eigenvalue weighted by Crippen LogP contribution is -2.38. The molecule has 2 rings (SSSR count). The Bertz CT molecular complexity index is 358. The van der Waals surface area contributed by atoms with E-state index in [1.54, 1.807) is 10.9 Å². The van der Waals surface area contributed by atoms with Crippen molar-refractivity contribution in [2.24, 2.45) is 0 Å². The topological polar surface area (TPSA) is 29.9 Å². The fraction of sp³-hybridized carbons (Fsp3) is 0.727. The number of hydrogen-bond donors (Lipinski definition) is 1. The quantitative estimate of drug-likeness (QED) is 0.927. The maximum absolute atomic E-state index is 14.9. The Labute approximate surface area is 104 Å². The highest BCUT2D eigenvalue weighted by Gasteiger charge is 2.38. The van der Waals surface area contributed by atoms with E-state index in [0.29, 0.717) is 12.8 Å². The molecule has 5 heteroatoms. The smallest absolute Gasteiger partial charge is 0.155 e. The molecular formula is C11H17BrFN3. The van der Waals surface area contributed by atoms with E-state index in [2.05, 4.69) is 33.3 Å². The summed E-state index contributed by atoms with van der Waals surface area (Å²) in [5.74, 6) is 0. The van der Waals surface area contributed by atoms with Crippen LogP contribution in [0.2, 0.25) is 0 Å². The van der Waals surface area contributed by atoms with Crippen molar-refractivity contribution in [1.82, 2.24) is 15.1 Å². The number of hydrogen-bond acceptors (Lipinski definition) is 2. The van der Waals surface area contributed by atoms with Gasteiger partial charge in [-0.25, -0.2) is 4.39 Å². The molecule has 1 aromatic rings. The highest BCUT2D eigenvalue weighted by atomic mass is 79.9. The summed E-state index contributed by atoms with van der Waals surface area (Å²) in [6.45, 7) is 4.33. The lowest BCUT2D eigenvalue weighted by atomic mass is 9.91. The molecule has 0 atom stereocenters. The van der Waals surface area contributed by atoms with Gasteiger partial charge in [0, 0.05) is 6.54 Å². The molecule has 16 heavy (non-hydrogen) atoms. The molecule has 0 aliphatic carbocycles. The van der Waals surface area contributed by atoms with Gasteiger partial charge in [-0.2, -0.15) is 5.10 Å². The summed E-state index contributed by atoms with van der Waals surface area (Å²) >= 11 is 3.41. The van der Waals surface area contributed by atoms with Gasteiger partial charge in [-0.1, -0.05) is 6.92 Å². The highest BCUT2D eigenvalue weighted by Crippen LogP contribution is 2.38. The van der Waals surface area contributed by atoms with Crippen molar-refractivity contribution in [3.63, 3.8) is 0 Å². The average molecular weight is 290 g/mol. The number of aromatic nitrogens is 2. The van der Waals surface area contributed by atoms with Gasteiger partial charge < -0.3 is 5.32 Å². The fourth-order valence-corrected chi connectivity index (χ4v) is 2.90. The zero-order chi connectivity index (χ0) is 11.6. The molecule has 0 unspecified atom stereocenters. The van der Waals surface area contributed by atoms with Crippen LogP contribution in [0.3, 0.4) is 0 Å². The molecule has 0 amide bonds. The second kappa shape index (κ2) is 4.84. The highest BCUT2D eigenvalue weighted by molar-refractivity contribution is 9.10. The number of piperidine rings is 1. The van der Waals surface area contributed by atoms with Crippen molar-refractivity contribution in [3.05, 3.63) is 16.4 Å². The molecule has 0 saturated carbocycles. The van der Waals surface area contributed by atoms with Gasteiger partial charge in [-0.15, -0.1) is 0 Å². The summed E-state index contributed by atoms with van der Waals surface area (Å²) < 4.78 is 17.4. The van der Waals surface area contributed by atoms with Gasteiger partial charge in [0.25, 0.3) is 0 Å². The van der Waals surface area contributed by atoms with Gasteiger partial charge >= 0.3 is 0 Å². The minimum atomic E-state index is -1.23. The SMILES string of the molecule is CCCn1ncc(Br)c1C1(F)CCNCC1. The van der Waals surface area contributed by atoms with Gasteiger partial charge in [-0.05, 0) is 48.3 Å². The van der Waals surface area contributed by atoms with E-state index in [1.165, 1.54) is 0 Å². The van der Waals surface area contributed by atoms with Gasteiger partial charge in [-0.3, -0.25) is 4.68 Å². The molecule has 0 spiro atoms. The zero-order valence-electron chi connectivity index (χ0n) is 9.47. The molecule has 1 aliphatic rings. The maximum atomic E-state index is 14.9. The van der Waals surface area contributed by atoms with Crippen LogP contribution in [-0.2, 0) is 12.2 Å². The Balaban J connectivity index is 2.33. The summed E-state index contributed by atoms with van der Waals surface area (Å²) in [4.78, 5) is 0. The first kappa shape index (κ1) is 12.0. The molecule has 90 valence electrons. The lowest BCUT2D eigenvalue weighted by molar-refractivity contribution is 0.102. The minimum Gasteiger partial charge on any atom is -0.316 e. The molecule has 1 N–H and O–H groups in total. The summed E-state index contributed by atoms with van der Waals surface area (Å²) in [5, 5.41) is 7.42. The summed E-state index contributed by atoms with van der Waals surface area (Å²) in [7, 11) is 0. The third-order valence-electron chi connectivity index (χ3n) is 3.05. The van der Waals surface area contributed by atoms with Crippen molar-refractivity contribution < 1.29 is 4.39 Å². The first-order valence-corrected chi connectivity index (χ1v) is 6.58. The zero-order valence-corrected chi connectivity index (χ0v) is 11.1. The van der Waals surface area contributed by atoms with E-state index in [1.807, 2.05) is 0 Å².